The first-order chi connectivity index (χ1) is 7.58. The summed E-state index contributed by atoms with van der Waals surface area (Å²) in [6, 6.07) is 0. The van der Waals surface area contributed by atoms with E-state index in [4.69, 9.17) is 0 Å². The van der Waals surface area contributed by atoms with Crippen molar-refractivity contribution in [2.24, 2.45) is 17.3 Å². The average Bonchev–Trinajstić information content (AvgIpc) is 2.65. The average molecular weight is 225 g/mol. The van der Waals surface area contributed by atoms with E-state index >= 15 is 0 Å². The van der Waals surface area contributed by atoms with Crippen molar-refractivity contribution < 1.29 is 0 Å². The molecule has 0 saturated heterocycles. The van der Waals surface area contributed by atoms with Crippen LogP contribution in [0.2, 0.25) is 0 Å². The molecule has 0 amide bonds. The van der Waals surface area contributed by atoms with Crippen LogP contribution in [0.4, 0.5) is 0 Å². The minimum Gasteiger partial charge on any atom is -0.316 e. The van der Waals surface area contributed by atoms with Crippen LogP contribution in [0.15, 0.2) is 0 Å². The van der Waals surface area contributed by atoms with Gasteiger partial charge >= 0.3 is 0 Å². The zero-order chi connectivity index (χ0) is 12.0. The Labute approximate surface area is 102 Å². The third kappa shape index (κ3) is 4.45. The SMILES string of the molecule is CCC(C)CNCC1(CC(C)C)CCCC1. The van der Waals surface area contributed by atoms with Crippen LogP contribution >= 0.6 is 0 Å². The molecule has 0 spiro atoms. The van der Waals surface area contributed by atoms with E-state index in [1.54, 1.807) is 0 Å². The highest BCUT2D eigenvalue weighted by molar-refractivity contribution is 4.87. The summed E-state index contributed by atoms with van der Waals surface area (Å²) >= 11 is 0. The van der Waals surface area contributed by atoms with Crippen molar-refractivity contribution in [3.63, 3.8) is 0 Å². The maximum Gasteiger partial charge on any atom is 0.000802 e. The van der Waals surface area contributed by atoms with Crippen molar-refractivity contribution in [3.05, 3.63) is 0 Å². The van der Waals surface area contributed by atoms with E-state index in [9.17, 15) is 0 Å². The molecule has 1 nitrogen and oxygen atoms in total. The van der Waals surface area contributed by atoms with Crippen LogP contribution in [0.1, 0.15) is 66.2 Å². The van der Waals surface area contributed by atoms with Gasteiger partial charge in [0.1, 0.15) is 0 Å². The lowest BCUT2D eigenvalue weighted by atomic mass is 9.78. The van der Waals surface area contributed by atoms with E-state index in [0.29, 0.717) is 5.41 Å². The van der Waals surface area contributed by atoms with Gasteiger partial charge in [0.25, 0.3) is 0 Å². The number of nitrogens with one attached hydrogen (secondary N) is 1. The summed E-state index contributed by atoms with van der Waals surface area (Å²) in [6.07, 6.45) is 8.54. The Kier molecular flexibility index (Phi) is 5.82. The second kappa shape index (κ2) is 6.64. The first-order valence-corrected chi connectivity index (χ1v) is 7.29. The Balaban J connectivity index is 2.33. The van der Waals surface area contributed by atoms with Crippen molar-refractivity contribution in [1.82, 2.24) is 5.32 Å². The molecule has 1 unspecified atom stereocenters. The summed E-state index contributed by atoms with van der Waals surface area (Å²) in [5.41, 5.74) is 0.641. The van der Waals surface area contributed by atoms with Crippen molar-refractivity contribution in [2.75, 3.05) is 13.1 Å². The number of hydrogen-bond donors (Lipinski definition) is 1. The highest BCUT2D eigenvalue weighted by Gasteiger charge is 2.33. The van der Waals surface area contributed by atoms with E-state index in [2.05, 4.69) is 33.0 Å². The van der Waals surface area contributed by atoms with Crippen LogP contribution in [0, 0.1) is 17.3 Å². The molecule has 0 aromatic heterocycles. The predicted octanol–water partition coefficient (Wildman–Crippen LogP) is 4.23. The molecule has 0 aromatic carbocycles. The fraction of sp³-hybridized carbons (Fsp3) is 1.00. The monoisotopic (exact) mass is 225 g/mol. The van der Waals surface area contributed by atoms with Gasteiger partial charge < -0.3 is 5.32 Å². The normalized spacial score (nSPS) is 21.6. The van der Waals surface area contributed by atoms with Crippen LogP contribution in [0.25, 0.3) is 0 Å². The Morgan fingerprint density at radius 1 is 1.12 bits per heavy atom. The summed E-state index contributed by atoms with van der Waals surface area (Å²) < 4.78 is 0. The molecule has 0 aromatic rings. The first kappa shape index (κ1) is 14.0. The first-order valence-electron chi connectivity index (χ1n) is 7.29. The van der Waals surface area contributed by atoms with Gasteiger partial charge in [0, 0.05) is 6.54 Å². The molecule has 1 aliphatic rings. The highest BCUT2D eigenvalue weighted by atomic mass is 14.9. The Morgan fingerprint density at radius 2 is 1.75 bits per heavy atom. The van der Waals surface area contributed by atoms with E-state index in [1.165, 1.54) is 51.6 Å². The van der Waals surface area contributed by atoms with Crippen molar-refractivity contribution >= 4 is 0 Å². The molecule has 0 radical (unpaired) electrons. The van der Waals surface area contributed by atoms with E-state index < -0.39 is 0 Å². The van der Waals surface area contributed by atoms with E-state index in [-0.39, 0.29) is 0 Å². The standard InChI is InChI=1S/C15H31N/c1-5-14(4)11-16-12-15(10-13(2)3)8-6-7-9-15/h13-14,16H,5-12H2,1-4H3. The Morgan fingerprint density at radius 3 is 2.25 bits per heavy atom. The predicted molar refractivity (Wildman–Crippen MR) is 72.7 cm³/mol. The molecule has 1 aliphatic carbocycles. The zero-order valence-corrected chi connectivity index (χ0v) is 11.8. The van der Waals surface area contributed by atoms with Crippen molar-refractivity contribution in [2.45, 2.75) is 66.2 Å². The number of hydrogen-bond acceptors (Lipinski definition) is 1. The maximum absolute atomic E-state index is 3.72. The Bertz CT molecular complexity index is 180. The van der Waals surface area contributed by atoms with Gasteiger partial charge in [-0.15, -0.1) is 0 Å². The molecule has 1 heteroatoms. The van der Waals surface area contributed by atoms with Crippen LogP contribution in [-0.2, 0) is 0 Å². The topological polar surface area (TPSA) is 12.0 Å². The van der Waals surface area contributed by atoms with Gasteiger partial charge in [0.15, 0.2) is 0 Å². The van der Waals surface area contributed by atoms with Gasteiger partial charge in [0.2, 0.25) is 0 Å². The largest absolute Gasteiger partial charge is 0.316 e. The molecule has 0 aliphatic heterocycles. The molecule has 1 atom stereocenters. The summed E-state index contributed by atoms with van der Waals surface area (Å²) in [4.78, 5) is 0. The molecule has 1 saturated carbocycles. The summed E-state index contributed by atoms with van der Waals surface area (Å²) in [7, 11) is 0. The number of rotatable bonds is 7. The van der Waals surface area contributed by atoms with Crippen LogP contribution < -0.4 is 5.32 Å². The molecule has 96 valence electrons. The summed E-state index contributed by atoms with van der Waals surface area (Å²) in [5, 5.41) is 3.72. The van der Waals surface area contributed by atoms with Crippen molar-refractivity contribution in [1.29, 1.82) is 0 Å². The van der Waals surface area contributed by atoms with Gasteiger partial charge in [-0.1, -0.05) is 47.0 Å². The smallest absolute Gasteiger partial charge is 0.000802 e. The lowest BCUT2D eigenvalue weighted by molar-refractivity contribution is 0.220. The summed E-state index contributed by atoms with van der Waals surface area (Å²) in [5.74, 6) is 1.68. The molecular formula is C15H31N. The lowest BCUT2D eigenvalue weighted by Gasteiger charge is -2.31. The second-order valence-electron chi connectivity index (χ2n) is 6.45. The van der Waals surface area contributed by atoms with Gasteiger partial charge in [-0.3, -0.25) is 0 Å². The maximum atomic E-state index is 3.72. The quantitative estimate of drug-likeness (QED) is 0.684. The Hall–Kier alpha value is -0.0400. The third-order valence-electron chi connectivity index (χ3n) is 4.20. The van der Waals surface area contributed by atoms with Gasteiger partial charge in [-0.05, 0) is 43.1 Å². The third-order valence-corrected chi connectivity index (χ3v) is 4.20. The highest BCUT2D eigenvalue weighted by Crippen LogP contribution is 2.42. The minimum atomic E-state index is 0.641. The van der Waals surface area contributed by atoms with Crippen LogP contribution in [0.5, 0.6) is 0 Å². The van der Waals surface area contributed by atoms with E-state index in [1.807, 2.05) is 0 Å². The van der Waals surface area contributed by atoms with Crippen LogP contribution in [-0.4, -0.2) is 13.1 Å². The fourth-order valence-corrected chi connectivity index (χ4v) is 3.17. The molecule has 1 rings (SSSR count). The summed E-state index contributed by atoms with van der Waals surface area (Å²) in [6.45, 7) is 11.8. The molecule has 0 bridgehead atoms. The van der Waals surface area contributed by atoms with Gasteiger partial charge in [-0.25, -0.2) is 0 Å². The molecule has 16 heavy (non-hydrogen) atoms. The molecular weight excluding hydrogens is 194 g/mol. The van der Waals surface area contributed by atoms with E-state index in [0.717, 1.165) is 11.8 Å². The van der Waals surface area contributed by atoms with Gasteiger partial charge in [0.05, 0.1) is 0 Å². The molecule has 1 fully saturated rings. The zero-order valence-electron chi connectivity index (χ0n) is 11.8. The fourth-order valence-electron chi connectivity index (χ4n) is 3.17. The minimum absolute atomic E-state index is 0.641. The molecule has 0 heterocycles. The second-order valence-corrected chi connectivity index (χ2v) is 6.45. The van der Waals surface area contributed by atoms with Crippen molar-refractivity contribution in [3.8, 4) is 0 Å². The van der Waals surface area contributed by atoms with Crippen LogP contribution in [0.3, 0.4) is 0 Å². The molecule has 1 N–H and O–H groups in total. The van der Waals surface area contributed by atoms with Gasteiger partial charge in [-0.2, -0.15) is 0 Å². The lowest BCUT2D eigenvalue weighted by Crippen LogP contribution is -2.35.